The van der Waals surface area contributed by atoms with Crippen molar-refractivity contribution >= 4 is 33.4 Å². The number of ether oxygens (including phenoxy) is 2. The van der Waals surface area contributed by atoms with Crippen LogP contribution in [-0.2, 0) is 4.79 Å². The van der Waals surface area contributed by atoms with E-state index < -0.39 is 0 Å². The number of benzene rings is 2. The number of anilines is 1. The first-order valence-corrected chi connectivity index (χ1v) is 8.38. The summed E-state index contributed by atoms with van der Waals surface area (Å²) in [5.74, 6) is 0.689. The highest BCUT2D eigenvalue weighted by Gasteiger charge is 2.10. The maximum Gasteiger partial charge on any atom is 0.251 e. The fourth-order valence-corrected chi connectivity index (χ4v) is 2.38. The van der Waals surface area contributed by atoms with Crippen LogP contribution >= 0.6 is 15.9 Å². The van der Waals surface area contributed by atoms with Crippen LogP contribution in [0, 0.1) is 0 Å². The first-order valence-electron chi connectivity index (χ1n) is 7.59. The van der Waals surface area contributed by atoms with Gasteiger partial charge in [0.2, 0.25) is 5.91 Å². The molecule has 0 aliphatic rings. The van der Waals surface area contributed by atoms with E-state index in [-0.39, 0.29) is 24.8 Å². The Morgan fingerprint density at radius 1 is 1.04 bits per heavy atom. The summed E-state index contributed by atoms with van der Waals surface area (Å²) in [5.41, 5.74) is 1.06. The Kier molecular flexibility index (Phi) is 6.82. The quantitative estimate of drug-likeness (QED) is 0.739. The third kappa shape index (κ3) is 5.49. The lowest BCUT2D eigenvalue weighted by atomic mass is 10.2. The van der Waals surface area contributed by atoms with Gasteiger partial charge in [0.25, 0.3) is 5.91 Å². The molecule has 0 fully saturated rings. The lowest BCUT2D eigenvalue weighted by molar-refractivity contribution is -0.116. The second kappa shape index (κ2) is 9.08. The van der Waals surface area contributed by atoms with Gasteiger partial charge in [-0.25, -0.2) is 0 Å². The molecule has 0 bridgehead atoms. The summed E-state index contributed by atoms with van der Waals surface area (Å²) in [6.45, 7) is 0.229. The van der Waals surface area contributed by atoms with Crippen LogP contribution in [0.2, 0.25) is 0 Å². The molecule has 2 aromatic rings. The predicted molar refractivity (Wildman–Crippen MR) is 99.3 cm³/mol. The number of carbonyl (C=O) groups is 2. The Morgan fingerprint density at radius 3 is 2.40 bits per heavy atom. The fourth-order valence-electron chi connectivity index (χ4n) is 2.12. The number of nitrogens with one attached hydrogen (secondary N) is 2. The van der Waals surface area contributed by atoms with Crippen molar-refractivity contribution in [2.24, 2.45) is 0 Å². The van der Waals surface area contributed by atoms with E-state index in [0.29, 0.717) is 22.7 Å². The van der Waals surface area contributed by atoms with E-state index in [1.165, 1.54) is 7.11 Å². The smallest absolute Gasteiger partial charge is 0.251 e. The Hall–Kier alpha value is -2.54. The highest BCUT2D eigenvalue weighted by Crippen LogP contribution is 2.28. The number of amides is 2. The molecule has 2 amide bonds. The standard InChI is InChI=1S/C18H19BrN2O4/c1-24-14-7-8-16(25-2)15(11-14)21-17(22)9-10-20-18(23)12-3-5-13(19)6-4-12/h3-8,11H,9-10H2,1-2H3,(H,20,23)(H,21,22). The Balaban J connectivity index is 1.86. The van der Waals surface area contributed by atoms with Crippen LogP contribution in [0.15, 0.2) is 46.9 Å². The van der Waals surface area contributed by atoms with Gasteiger partial charge in [-0.3, -0.25) is 9.59 Å². The van der Waals surface area contributed by atoms with Crippen molar-refractivity contribution < 1.29 is 19.1 Å². The summed E-state index contributed by atoms with van der Waals surface area (Å²) < 4.78 is 11.2. The molecule has 0 unspecified atom stereocenters. The van der Waals surface area contributed by atoms with E-state index in [1.807, 2.05) is 0 Å². The Morgan fingerprint density at radius 2 is 1.76 bits per heavy atom. The molecule has 0 saturated carbocycles. The van der Waals surface area contributed by atoms with Gasteiger partial charge in [-0.2, -0.15) is 0 Å². The van der Waals surface area contributed by atoms with E-state index in [9.17, 15) is 9.59 Å². The molecule has 7 heteroatoms. The van der Waals surface area contributed by atoms with E-state index >= 15 is 0 Å². The van der Waals surface area contributed by atoms with Gasteiger partial charge in [0.05, 0.1) is 19.9 Å². The number of hydrogen-bond donors (Lipinski definition) is 2. The van der Waals surface area contributed by atoms with E-state index in [4.69, 9.17) is 9.47 Å². The minimum Gasteiger partial charge on any atom is -0.497 e. The van der Waals surface area contributed by atoms with Crippen LogP contribution in [0.3, 0.4) is 0 Å². The molecule has 25 heavy (non-hydrogen) atoms. The zero-order valence-electron chi connectivity index (χ0n) is 14.0. The molecule has 0 spiro atoms. The summed E-state index contributed by atoms with van der Waals surface area (Å²) in [7, 11) is 3.07. The van der Waals surface area contributed by atoms with Gasteiger partial charge in [0, 0.05) is 29.1 Å². The third-order valence-corrected chi connectivity index (χ3v) is 3.95. The number of methoxy groups -OCH3 is 2. The first kappa shape index (κ1) is 18.8. The largest absolute Gasteiger partial charge is 0.497 e. The van der Waals surface area contributed by atoms with Crippen molar-refractivity contribution in [1.82, 2.24) is 5.32 Å². The highest BCUT2D eigenvalue weighted by atomic mass is 79.9. The molecule has 2 aromatic carbocycles. The van der Waals surface area contributed by atoms with Crippen molar-refractivity contribution in [2.75, 3.05) is 26.1 Å². The minimum atomic E-state index is -0.234. The van der Waals surface area contributed by atoms with Crippen molar-refractivity contribution in [3.05, 3.63) is 52.5 Å². The van der Waals surface area contributed by atoms with Gasteiger partial charge in [-0.1, -0.05) is 15.9 Å². The van der Waals surface area contributed by atoms with E-state index in [2.05, 4.69) is 26.6 Å². The molecule has 0 atom stereocenters. The highest BCUT2D eigenvalue weighted by molar-refractivity contribution is 9.10. The van der Waals surface area contributed by atoms with Gasteiger partial charge < -0.3 is 20.1 Å². The predicted octanol–water partition coefficient (Wildman–Crippen LogP) is 3.22. The summed E-state index contributed by atoms with van der Waals surface area (Å²) in [4.78, 5) is 24.1. The van der Waals surface area contributed by atoms with Crippen molar-refractivity contribution in [1.29, 1.82) is 0 Å². The van der Waals surface area contributed by atoms with Crippen LogP contribution in [0.1, 0.15) is 16.8 Å². The minimum absolute atomic E-state index is 0.142. The topological polar surface area (TPSA) is 76.7 Å². The molecule has 0 aliphatic heterocycles. The number of rotatable bonds is 7. The van der Waals surface area contributed by atoms with Crippen LogP contribution in [0.5, 0.6) is 11.5 Å². The zero-order valence-corrected chi connectivity index (χ0v) is 15.6. The molecule has 0 heterocycles. The lowest BCUT2D eigenvalue weighted by Crippen LogP contribution is -2.27. The molecule has 2 rings (SSSR count). The summed E-state index contributed by atoms with van der Waals surface area (Å²) in [5, 5.41) is 5.47. The molecule has 6 nitrogen and oxygen atoms in total. The molecule has 0 aromatic heterocycles. The molecule has 132 valence electrons. The van der Waals surface area contributed by atoms with Crippen LogP contribution < -0.4 is 20.1 Å². The second-order valence-electron chi connectivity index (χ2n) is 5.13. The average molecular weight is 407 g/mol. The third-order valence-electron chi connectivity index (χ3n) is 3.42. The molecule has 0 aliphatic carbocycles. The molecule has 0 radical (unpaired) electrons. The zero-order chi connectivity index (χ0) is 18.2. The summed E-state index contributed by atoms with van der Waals surface area (Å²) in [6, 6.07) is 12.1. The monoisotopic (exact) mass is 406 g/mol. The van der Waals surface area contributed by atoms with Crippen molar-refractivity contribution in [2.45, 2.75) is 6.42 Å². The van der Waals surface area contributed by atoms with Gasteiger partial charge in [0.15, 0.2) is 0 Å². The second-order valence-corrected chi connectivity index (χ2v) is 6.04. The van der Waals surface area contributed by atoms with Crippen molar-refractivity contribution in [3.8, 4) is 11.5 Å². The van der Waals surface area contributed by atoms with Gasteiger partial charge >= 0.3 is 0 Å². The molecule has 0 saturated heterocycles. The average Bonchev–Trinajstić information content (AvgIpc) is 2.62. The van der Waals surface area contributed by atoms with Crippen LogP contribution in [-0.4, -0.2) is 32.6 Å². The maximum absolute atomic E-state index is 12.1. The van der Waals surface area contributed by atoms with E-state index in [0.717, 1.165) is 4.47 Å². The molecule has 2 N–H and O–H groups in total. The van der Waals surface area contributed by atoms with Crippen LogP contribution in [0.4, 0.5) is 5.69 Å². The summed E-state index contributed by atoms with van der Waals surface area (Å²) in [6.07, 6.45) is 0.142. The SMILES string of the molecule is COc1ccc(OC)c(NC(=O)CCNC(=O)c2ccc(Br)cc2)c1. The maximum atomic E-state index is 12.1. The number of carbonyl (C=O) groups excluding carboxylic acids is 2. The molecular weight excluding hydrogens is 388 g/mol. The van der Waals surface area contributed by atoms with Crippen LogP contribution in [0.25, 0.3) is 0 Å². The Bertz CT molecular complexity index is 747. The Labute approximate surface area is 154 Å². The van der Waals surface area contributed by atoms with Gasteiger partial charge in [0.1, 0.15) is 11.5 Å². The van der Waals surface area contributed by atoms with Gasteiger partial charge in [-0.05, 0) is 36.4 Å². The van der Waals surface area contributed by atoms with Gasteiger partial charge in [-0.15, -0.1) is 0 Å². The van der Waals surface area contributed by atoms with Crippen molar-refractivity contribution in [3.63, 3.8) is 0 Å². The molecular formula is C18H19BrN2O4. The normalized spacial score (nSPS) is 10.0. The summed E-state index contributed by atoms with van der Waals surface area (Å²) >= 11 is 3.32. The van der Waals surface area contributed by atoms with E-state index in [1.54, 1.807) is 49.6 Å². The first-order chi connectivity index (χ1) is 12.0. The number of hydrogen-bond acceptors (Lipinski definition) is 4. The fraction of sp³-hybridized carbons (Fsp3) is 0.222. The number of halogens is 1. The lowest BCUT2D eigenvalue weighted by Gasteiger charge is -2.12.